The van der Waals surface area contributed by atoms with Crippen LogP contribution in [0, 0.1) is 0 Å². The first-order chi connectivity index (χ1) is 12.8. The van der Waals surface area contributed by atoms with Crippen molar-refractivity contribution in [2.45, 2.75) is 50.4 Å². The number of carbonyl (C=O) groups excluding carboxylic acids is 1. The standard InChI is InChI=1S/C19H26N6O/c26-18-2-1-9-24(18)13-12-23-10-7-15(8-11-23)19-21-20-17-6-5-16(14-3-4-14)22-25(17)19/h5-6,14-15H,1-4,7-13H2. The summed E-state index contributed by atoms with van der Waals surface area (Å²) in [4.78, 5) is 16.2. The first-order valence-electron chi connectivity index (χ1n) is 10.0. The topological polar surface area (TPSA) is 66.6 Å². The molecule has 0 unspecified atom stereocenters. The number of piperidine rings is 1. The molecule has 138 valence electrons. The average Bonchev–Trinajstić information content (AvgIpc) is 3.31. The minimum Gasteiger partial charge on any atom is -0.341 e. The molecule has 2 saturated heterocycles. The van der Waals surface area contributed by atoms with Gasteiger partial charge in [-0.1, -0.05) is 0 Å². The van der Waals surface area contributed by atoms with Gasteiger partial charge in [0.15, 0.2) is 11.5 Å². The van der Waals surface area contributed by atoms with Crippen molar-refractivity contribution in [2.24, 2.45) is 0 Å². The highest BCUT2D eigenvalue weighted by Crippen LogP contribution is 2.39. The average molecular weight is 354 g/mol. The van der Waals surface area contributed by atoms with Gasteiger partial charge in [0.25, 0.3) is 0 Å². The fraction of sp³-hybridized carbons (Fsp3) is 0.684. The van der Waals surface area contributed by atoms with Crippen molar-refractivity contribution in [1.82, 2.24) is 29.6 Å². The van der Waals surface area contributed by atoms with Crippen molar-refractivity contribution in [3.05, 3.63) is 23.7 Å². The monoisotopic (exact) mass is 354 g/mol. The maximum atomic E-state index is 11.7. The number of rotatable bonds is 5. The Morgan fingerprint density at radius 2 is 1.81 bits per heavy atom. The van der Waals surface area contributed by atoms with Gasteiger partial charge in [-0.05, 0) is 57.3 Å². The molecule has 0 bridgehead atoms. The van der Waals surface area contributed by atoms with Crippen molar-refractivity contribution in [1.29, 1.82) is 0 Å². The minimum atomic E-state index is 0.326. The van der Waals surface area contributed by atoms with Gasteiger partial charge in [-0.2, -0.15) is 9.61 Å². The zero-order valence-corrected chi connectivity index (χ0v) is 15.2. The van der Waals surface area contributed by atoms with E-state index in [4.69, 9.17) is 5.10 Å². The van der Waals surface area contributed by atoms with E-state index in [0.717, 1.165) is 69.9 Å². The van der Waals surface area contributed by atoms with E-state index >= 15 is 0 Å². The summed E-state index contributed by atoms with van der Waals surface area (Å²) in [5.74, 6) is 2.42. The molecule has 0 N–H and O–H groups in total. The molecular formula is C19H26N6O. The third-order valence-electron chi connectivity index (χ3n) is 6.11. The first-order valence-corrected chi connectivity index (χ1v) is 10.0. The third-order valence-corrected chi connectivity index (χ3v) is 6.11. The Bertz CT molecular complexity index is 805. The van der Waals surface area contributed by atoms with Gasteiger partial charge >= 0.3 is 0 Å². The molecule has 1 amide bonds. The van der Waals surface area contributed by atoms with E-state index in [1.54, 1.807) is 0 Å². The van der Waals surface area contributed by atoms with Crippen LogP contribution >= 0.6 is 0 Å². The summed E-state index contributed by atoms with van der Waals surface area (Å²) in [5.41, 5.74) is 2.05. The van der Waals surface area contributed by atoms with Crippen LogP contribution in [0.5, 0.6) is 0 Å². The highest BCUT2D eigenvalue weighted by Gasteiger charge is 2.28. The molecule has 3 aliphatic rings. The number of amides is 1. The molecule has 0 spiro atoms. The second kappa shape index (κ2) is 6.61. The van der Waals surface area contributed by atoms with Gasteiger partial charge in [0.1, 0.15) is 0 Å². The van der Waals surface area contributed by atoms with Crippen molar-refractivity contribution in [3.8, 4) is 0 Å². The molecule has 0 radical (unpaired) electrons. The lowest BCUT2D eigenvalue weighted by Crippen LogP contribution is -2.40. The molecule has 26 heavy (non-hydrogen) atoms. The molecule has 7 nitrogen and oxygen atoms in total. The van der Waals surface area contributed by atoms with Gasteiger partial charge in [0.05, 0.1) is 5.69 Å². The Morgan fingerprint density at radius 3 is 2.54 bits per heavy atom. The molecule has 5 rings (SSSR count). The van der Waals surface area contributed by atoms with Crippen LogP contribution in [0.1, 0.15) is 61.9 Å². The van der Waals surface area contributed by atoms with Gasteiger partial charge in [-0.25, -0.2) is 0 Å². The normalized spacial score (nSPS) is 22.6. The highest BCUT2D eigenvalue weighted by molar-refractivity contribution is 5.78. The lowest BCUT2D eigenvalue weighted by atomic mass is 9.96. The Balaban J connectivity index is 1.22. The van der Waals surface area contributed by atoms with Gasteiger partial charge in [0.2, 0.25) is 5.91 Å². The second-order valence-electron chi connectivity index (χ2n) is 7.96. The van der Waals surface area contributed by atoms with Crippen molar-refractivity contribution >= 4 is 11.6 Å². The Morgan fingerprint density at radius 1 is 0.962 bits per heavy atom. The summed E-state index contributed by atoms with van der Waals surface area (Å²) >= 11 is 0. The van der Waals surface area contributed by atoms with Crippen LogP contribution in [-0.2, 0) is 4.79 Å². The maximum absolute atomic E-state index is 11.7. The predicted octanol–water partition coefficient (Wildman–Crippen LogP) is 1.80. The highest BCUT2D eigenvalue weighted by atomic mass is 16.2. The number of aromatic nitrogens is 4. The molecule has 1 saturated carbocycles. The van der Waals surface area contributed by atoms with Gasteiger partial charge < -0.3 is 9.80 Å². The van der Waals surface area contributed by atoms with Crippen molar-refractivity contribution in [3.63, 3.8) is 0 Å². The molecule has 2 aromatic heterocycles. The van der Waals surface area contributed by atoms with E-state index in [1.807, 2.05) is 9.42 Å². The molecule has 4 heterocycles. The Hall–Kier alpha value is -2.02. The molecule has 2 aromatic rings. The van der Waals surface area contributed by atoms with Gasteiger partial charge in [-0.15, -0.1) is 10.2 Å². The zero-order chi connectivity index (χ0) is 17.5. The number of fused-ring (bicyclic) bond motifs is 1. The fourth-order valence-electron chi connectivity index (χ4n) is 4.29. The molecular weight excluding hydrogens is 328 g/mol. The number of carbonyl (C=O) groups is 1. The lowest BCUT2D eigenvalue weighted by molar-refractivity contribution is -0.127. The molecule has 0 atom stereocenters. The van der Waals surface area contributed by atoms with E-state index in [2.05, 4.69) is 27.2 Å². The van der Waals surface area contributed by atoms with E-state index in [9.17, 15) is 4.79 Å². The van der Waals surface area contributed by atoms with E-state index in [-0.39, 0.29) is 0 Å². The summed E-state index contributed by atoms with van der Waals surface area (Å²) in [6.07, 6.45) is 6.45. The number of nitrogens with zero attached hydrogens (tertiary/aromatic N) is 6. The number of likely N-dealkylation sites (tertiary alicyclic amines) is 2. The fourth-order valence-corrected chi connectivity index (χ4v) is 4.29. The third kappa shape index (κ3) is 3.09. The predicted molar refractivity (Wildman–Crippen MR) is 97.0 cm³/mol. The van der Waals surface area contributed by atoms with Crippen LogP contribution in [-0.4, -0.2) is 68.2 Å². The van der Waals surface area contributed by atoms with E-state index < -0.39 is 0 Å². The summed E-state index contributed by atoms with van der Waals surface area (Å²) < 4.78 is 1.98. The van der Waals surface area contributed by atoms with Crippen LogP contribution in [0.25, 0.3) is 5.65 Å². The molecule has 3 fully saturated rings. The van der Waals surface area contributed by atoms with Crippen LogP contribution in [0.4, 0.5) is 0 Å². The first kappa shape index (κ1) is 16.2. The molecule has 2 aliphatic heterocycles. The van der Waals surface area contributed by atoms with E-state index in [1.165, 1.54) is 18.5 Å². The van der Waals surface area contributed by atoms with Gasteiger partial charge in [-0.3, -0.25) is 4.79 Å². The van der Waals surface area contributed by atoms with Crippen LogP contribution in [0.2, 0.25) is 0 Å². The van der Waals surface area contributed by atoms with Crippen LogP contribution < -0.4 is 0 Å². The minimum absolute atomic E-state index is 0.326. The largest absolute Gasteiger partial charge is 0.341 e. The Kier molecular flexibility index (Phi) is 4.11. The summed E-state index contributed by atoms with van der Waals surface area (Å²) in [6, 6.07) is 4.16. The second-order valence-corrected chi connectivity index (χ2v) is 7.96. The Labute approximate surface area is 153 Å². The summed E-state index contributed by atoms with van der Waals surface area (Å²) in [6.45, 7) is 4.93. The molecule has 0 aromatic carbocycles. The SMILES string of the molecule is O=C1CCCN1CCN1CCC(c2nnc3ccc(C4CC4)nn23)CC1. The number of hydrogen-bond acceptors (Lipinski definition) is 5. The van der Waals surface area contributed by atoms with Crippen molar-refractivity contribution in [2.75, 3.05) is 32.7 Å². The lowest BCUT2D eigenvalue weighted by Gasteiger charge is -2.32. The van der Waals surface area contributed by atoms with Crippen LogP contribution in [0.15, 0.2) is 12.1 Å². The zero-order valence-electron chi connectivity index (χ0n) is 15.2. The summed E-state index contributed by atoms with van der Waals surface area (Å²) in [5, 5.41) is 13.6. The quantitative estimate of drug-likeness (QED) is 0.819. The molecule has 7 heteroatoms. The smallest absolute Gasteiger partial charge is 0.222 e. The van der Waals surface area contributed by atoms with E-state index in [0.29, 0.717) is 17.7 Å². The van der Waals surface area contributed by atoms with Crippen LogP contribution in [0.3, 0.4) is 0 Å². The number of hydrogen-bond donors (Lipinski definition) is 0. The molecule has 1 aliphatic carbocycles. The van der Waals surface area contributed by atoms with Crippen molar-refractivity contribution < 1.29 is 4.79 Å². The maximum Gasteiger partial charge on any atom is 0.222 e. The van der Waals surface area contributed by atoms with Gasteiger partial charge in [0, 0.05) is 37.9 Å². The summed E-state index contributed by atoms with van der Waals surface area (Å²) in [7, 11) is 0.